The fourth-order valence-electron chi connectivity index (χ4n) is 1.30. The Bertz CT molecular complexity index is 364. The number of hydrogen-bond acceptors (Lipinski definition) is 3. The van der Waals surface area contributed by atoms with Crippen LogP contribution in [0.15, 0.2) is 33.8 Å². The van der Waals surface area contributed by atoms with E-state index in [1.807, 2.05) is 0 Å². The second kappa shape index (κ2) is 3.06. The van der Waals surface area contributed by atoms with Crippen LogP contribution < -0.4 is 0 Å². The largest absolute Gasteiger partial charge is 0.392 e. The highest BCUT2D eigenvalue weighted by Gasteiger charge is 2.24. The molecule has 1 amide bonds. The third-order valence-electron chi connectivity index (χ3n) is 2.00. The van der Waals surface area contributed by atoms with Gasteiger partial charge >= 0.3 is 0 Å². The minimum Gasteiger partial charge on any atom is -0.392 e. The van der Waals surface area contributed by atoms with Gasteiger partial charge in [-0.05, 0) is 11.6 Å². The van der Waals surface area contributed by atoms with E-state index in [0.717, 1.165) is 5.57 Å². The van der Waals surface area contributed by atoms with E-state index in [1.54, 1.807) is 18.2 Å². The number of carbonyl (C=O) groups is 1. The van der Waals surface area contributed by atoms with E-state index >= 15 is 0 Å². The van der Waals surface area contributed by atoms with E-state index in [-0.39, 0.29) is 18.4 Å². The van der Waals surface area contributed by atoms with Crippen LogP contribution in [-0.4, -0.2) is 29.7 Å². The van der Waals surface area contributed by atoms with E-state index in [2.05, 4.69) is 9.98 Å². The first-order valence-corrected chi connectivity index (χ1v) is 3.95. The Morgan fingerprint density at radius 3 is 3.15 bits per heavy atom. The topological polar surface area (TPSA) is 62.0 Å². The highest BCUT2D eigenvalue weighted by molar-refractivity contribution is 6.18. The first-order valence-electron chi connectivity index (χ1n) is 3.95. The lowest BCUT2D eigenvalue weighted by Crippen LogP contribution is -2.25. The van der Waals surface area contributed by atoms with Crippen molar-refractivity contribution < 1.29 is 9.90 Å². The number of aliphatic hydroxyl groups excluding tert-OH is 1. The molecule has 2 aliphatic rings. The number of aliphatic imine (C=N–C) groups is 2. The molecule has 1 unspecified atom stereocenters. The summed E-state index contributed by atoms with van der Waals surface area (Å²) in [6.07, 6.45) is 6.40. The molecule has 0 aromatic carbocycles. The minimum absolute atomic E-state index is 0.0342. The van der Waals surface area contributed by atoms with Crippen molar-refractivity contribution in [2.75, 3.05) is 6.61 Å². The van der Waals surface area contributed by atoms with E-state index < -0.39 is 0 Å². The van der Waals surface area contributed by atoms with Crippen LogP contribution in [0.2, 0.25) is 0 Å². The predicted molar refractivity (Wildman–Crippen MR) is 48.7 cm³/mol. The molecule has 0 aromatic rings. The Hall–Kier alpha value is -1.55. The second-order valence-corrected chi connectivity index (χ2v) is 2.85. The molecule has 66 valence electrons. The van der Waals surface area contributed by atoms with Gasteiger partial charge in [-0.1, -0.05) is 12.2 Å². The molecule has 0 spiro atoms. The molecule has 0 radical (unpaired) electrons. The van der Waals surface area contributed by atoms with Crippen LogP contribution in [0, 0.1) is 5.92 Å². The summed E-state index contributed by atoms with van der Waals surface area (Å²) in [5.41, 5.74) is 1.42. The molecule has 4 nitrogen and oxygen atoms in total. The fraction of sp³-hybridized carbons (Fsp3) is 0.222. The van der Waals surface area contributed by atoms with E-state index in [4.69, 9.17) is 5.11 Å². The molecule has 0 saturated heterocycles. The molecule has 1 aliphatic heterocycles. The number of rotatable bonds is 1. The van der Waals surface area contributed by atoms with Crippen molar-refractivity contribution in [2.24, 2.45) is 15.9 Å². The summed E-state index contributed by atoms with van der Waals surface area (Å²) in [7, 11) is 0. The lowest BCUT2D eigenvalue weighted by Gasteiger charge is -2.16. The van der Waals surface area contributed by atoms with Gasteiger partial charge in [-0.2, -0.15) is 0 Å². The molecule has 1 atom stereocenters. The van der Waals surface area contributed by atoms with Crippen molar-refractivity contribution in [3.8, 4) is 0 Å². The summed E-state index contributed by atoms with van der Waals surface area (Å²) in [6.45, 7) is -0.0342. The normalized spacial score (nSPS) is 25.3. The van der Waals surface area contributed by atoms with Crippen LogP contribution in [0.3, 0.4) is 0 Å². The summed E-state index contributed by atoms with van der Waals surface area (Å²) in [4.78, 5) is 18.7. The average Bonchev–Trinajstić information content (AvgIpc) is 2.18. The molecular formula is C9H8N2O2. The van der Waals surface area contributed by atoms with E-state index in [9.17, 15) is 4.79 Å². The van der Waals surface area contributed by atoms with E-state index in [0.29, 0.717) is 5.71 Å². The highest BCUT2D eigenvalue weighted by Crippen LogP contribution is 2.17. The van der Waals surface area contributed by atoms with Gasteiger partial charge in [-0.3, -0.25) is 4.79 Å². The van der Waals surface area contributed by atoms with Gasteiger partial charge in [0.05, 0.1) is 12.3 Å². The summed E-state index contributed by atoms with van der Waals surface area (Å²) < 4.78 is 0. The van der Waals surface area contributed by atoms with Gasteiger partial charge in [0.15, 0.2) is 0 Å². The SMILES string of the molecule is O=C1N=CN=C2C=C(CO)C=CC12. The third-order valence-corrected chi connectivity index (χ3v) is 2.00. The Labute approximate surface area is 75.0 Å². The van der Waals surface area contributed by atoms with Crippen molar-refractivity contribution in [3.05, 3.63) is 23.8 Å². The summed E-state index contributed by atoms with van der Waals surface area (Å²) in [6, 6.07) is 0. The number of hydrogen-bond donors (Lipinski definition) is 1. The molecular weight excluding hydrogens is 168 g/mol. The number of fused-ring (bicyclic) bond motifs is 1. The molecule has 1 N–H and O–H groups in total. The number of carbonyl (C=O) groups excluding carboxylic acids is 1. The Balaban J connectivity index is 2.36. The molecule has 13 heavy (non-hydrogen) atoms. The maximum Gasteiger partial charge on any atom is 0.260 e. The van der Waals surface area contributed by atoms with Gasteiger partial charge in [-0.25, -0.2) is 9.98 Å². The maximum absolute atomic E-state index is 11.2. The highest BCUT2D eigenvalue weighted by atomic mass is 16.3. The van der Waals surface area contributed by atoms with Gasteiger partial charge < -0.3 is 5.11 Å². The Morgan fingerprint density at radius 2 is 2.38 bits per heavy atom. The number of aliphatic hydroxyl groups is 1. The van der Waals surface area contributed by atoms with Gasteiger partial charge in [-0.15, -0.1) is 0 Å². The molecule has 1 aliphatic carbocycles. The number of nitrogens with zero attached hydrogens (tertiary/aromatic N) is 2. The van der Waals surface area contributed by atoms with Crippen molar-refractivity contribution in [3.63, 3.8) is 0 Å². The molecule has 4 heteroatoms. The van der Waals surface area contributed by atoms with Crippen LogP contribution in [0.5, 0.6) is 0 Å². The molecule has 1 heterocycles. The monoisotopic (exact) mass is 176 g/mol. The van der Waals surface area contributed by atoms with E-state index in [1.165, 1.54) is 6.34 Å². The zero-order valence-corrected chi connectivity index (χ0v) is 6.84. The third kappa shape index (κ3) is 1.36. The van der Waals surface area contributed by atoms with Crippen molar-refractivity contribution >= 4 is 18.0 Å². The molecule has 0 saturated carbocycles. The summed E-state index contributed by atoms with van der Waals surface area (Å²) in [5, 5.41) is 8.85. The van der Waals surface area contributed by atoms with Crippen molar-refractivity contribution in [1.29, 1.82) is 0 Å². The fourth-order valence-corrected chi connectivity index (χ4v) is 1.30. The van der Waals surface area contributed by atoms with Crippen molar-refractivity contribution in [2.45, 2.75) is 0 Å². The van der Waals surface area contributed by atoms with Crippen LogP contribution >= 0.6 is 0 Å². The smallest absolute Gasteiger partial charge is 0.260 e. The Morgan fingerprint density at radius 1 is 1.54 bits per heavy atom. The Kier molecular flexibility index (Phi) is 1.90. The zero-order chi connectivity index (χ0) is 9.26. The first kappa shape index (κ1) is 8.07. The molecule has 0 bridgehead atoms. The maximum atomic E-state index is 11.2. The lowest BCUT2D eigenvalue weighted by molar-refractivity contribution is -0.118. The van der Waals surface area contributed by atoms with Gasteiger partial charge in [0, 0.05) is 0 Å². The molecule has 0 aromatic heterocycles. The van der Waals surface area contributed by atoms with Crippen LogP contribution in [0.1, 0.15) is 0 Å². The van der Waals surface area contributed by atoms with Gasteiger partial charge in [0.1, 0.15) is 12.3 Å². The predicted octanol–water partition coefficient (Wildman–Crippen LogP) is 0.101. The zero-order valence-electron chi connectivity index (χ0n) is 6.84. The summed E-state index contributed by atoms with van der Waals surface area (Å²) >= 11 is 0. The van der Waals surface area contributed by atoms with Gasteiger partial charge in [0.2, 0.25) is 0 Å². The molecule has 0 fully saturated rings. The second-order valence-electron chi connectivity index (χ2n) is 2.85. The van der Waals surface area contributed by atoms with Crippen molar-refractivity contribution in [1.82, 2.24) is 0 Å². The average molecular weight is 176 g/mol. The number of amides is 1. The van der Waals surface area contributed by atoms with Crippen LogP contribution in [0.4, 0.5) is 0 Å². The van der Waals surface area contributed by atoms with Gasteiger partial charge in [0.25, 0.3) is 5.91 Å². The van der Waals surface area contributed by atoms with Crippen LogP contribution in [-0.2, 0) is 4.79 Å². The summed E-state index contributed by atoms with van der Waals surface area (Å²) in [5.74, 6) is -0.546. The lowest BCUT2D eigenvalue weighted by atomic mass is 9.93. The number of allylic oxidation sites excluding steroid dienone is 1. The van der Waals surface area contributed by atoms with Crippen LogP contribution in [0.25, 0.3) is 0 Å². The minimum atomic E-state index is -0.347. The quantitative estimate of drug-likeness (QED) is 0.616. The molecule has 2 rings (SSSR count). The first-order chi connectivity index (χ1) is 6.31. The standard InChI is InChI=1S/C9H8N2O2/c12-4-6-1-2-7-8(3-6)10-5-11-9(7)13/h1-3,5,7,12H,4H2.